The smallest absolute Gasteiger partial charge is 0.306 e. The number of ether oxygens (including phenoxy) is 3. The first-order valence-electron chi connectivity index (χ1n) is 33.3. The molecule has 0 bridgehead atoms. The van der Waals surface area contributed by atoms with Crippen LogP contribution in [0.4, 0.5) is 0 Å². The van der Waals surface area contributed by atoms with Crippen molar-refractivity contribution in [2.24, 2.45) is 0 Å². The molecule has 0 saturated heterocycles. The summed E-state index contributed by atoms with van der Waals surface area (Å²) in [6.07, 6.45) is 103. The van der Waals surface area contributed by atoms with Gasteiger partial charge < -0.3 is 14.2 Å². The van der Waals surface area contributed by atoms with Crippen molar-refractivity contribution in [3.63, 3.8) is 0 Å². The molecule has 0 rings (SSSR count). The predicted octanol–water partition coefficient (Wildman–Crippen LogP) is 23.2. The highest BCUT2D eigenvalue weighted by Gasteiger charge is 2.19. The molecule has 0 amide bonds. The number of unbranched alkanes of at least 4 members (excludes halogenated alkanes) is 17. The van der Waals surface area contributed by atoms with Crippen molar-refractivity contribution >= 4 is 17.9 Å². The van der Waals surface area contributed by atoms with Crippen molar-refractivity contribution in [2.75, 3.05) is 13.2 Å². The molecule has 0 fully saturated rings. The maximum atomic E-state index is 12.9. The first-order chi connectivity index (χ1) is 41.0. The zero-order chi connectivity index (χ0) is 59.9. The quantitative estimate of drug-likeness (QED) is 0.0261. The molecule has 6 nitrogen and oxygen atoms in total. The fourth-order valence-electron chi connectivity index (χ4n) is 8.52. The van der Waals surface area contributed by atoms with Gasteiger partial charge in [-0.3, -0.25) is 14.4 Å². The summed E-state index contributed by atoms with van der Waals surface area (Å²) in [5, 5.41) is 0. The first kappa shape index (κ1) is 77.5. The monoisotopic (exact) mass is 1140 g/mol. The molecule has 0 aromatic carbocycles. The molecule has 0 aliphatic carbocycles. The number of esters is 3. The summed E-state index contributed by atoms with van der Waals surface area (Å²) in [4.78, 5) is 38.4. The van der Waals surface area contributed by atoms with E-state index >= 15 is 0 Å². The molecule has 0 spiro atoms. The van der Waals surface area contributed by atoms with Crippen LogP contribution in [-0.2, 0) is 28.6 Å². The molecule has 0 aliphatic heterocycles. The third-order valence-electron chi connectivity index (χ3n) is 13.4. The van der Waals surface area contributed by atoms with E-state index in [1.54, 1.807) is 0 Å². The van der Waals surface area contributed by atoms with Crippen LogP contribution in [0.25, 0.3) is 0 Å². The Labute approximate surface area is 510 Å². The number of allylic oxidation sites excluding steroid dienone is 30. The Bertz CT molecular complexity index is 1940. The fourth-order valence-corrected chi connectivity index (χ4v) is 8.52. The number of hydrogen-bond donors (Lipinski definition) is 0. The predicted molar refractivity (Wildman–Crippen MR) is 361 cm³/mol. The van der Waals surface area contributed by atoms with Crippen molar-refractivity contribution in [3.8, 4) is 0 Å². The molecular formula is C77H120O6. The maximum Gasteiger partial charge on any atom is 0.306 e. The highest BCUT2D eigenvalue weighted by molar-refractivity contribution is 5.71. The van der Waals surface area contributed by atoms with Crippen molar-refractivity contribution in [2.45, 2.75) is 271 Å². The highest BCUT2D eigenvalue weighted by atomic mass is 16.6. The molecule has 0 N–H and O–H groups in total. The molecule has 0 aromatic rings. The lowest BCUT2D eigenvalue weighted by atomic mass is 10.1. The van der Waals surface area contributed by atoms with E-state index in [-0.39, 0.29) is 31.1 Å². The lowest BCUT2D eigenvalue weighted by Gasteiger charge is -2.18. The Morgan fingerprint density at radius 2 is 0.434 bits per heavy atom. The Hall–Kier alpha value is -5.49. The number of rotatable bonds is 58. The molecular weight excluding hydrogens is 1020 g/mol. The lowest BCUT2D eigenvalue weighted by Crippen LogP contribution is -2.30. The normalized spacial score (nSPS) is 13.3. The van der Waals surface area contributed by atoms with Gasteiger partial charge in [-0.05, 0) is 154 Å². The molecule has 464 valence electrons. The van der Waals surface area contributed by atoms with Crippen LogP contribution in [0.3, 0.4) is 0 Å². The maximum absolute atomic E-state index is 12.9. The van der Waals surface area contributed by atoms with Crippen LogP contribution < -0.4 is 0 Å². The van der Waals surface area contributed by atoms with Crippen LogP contribution in [0.15, 0.2) is 182 Å². The van der Waals surface area contributed by atoms with Gasteiger partial charge in [0.2, 0.25) is 0 Å². The molecule has 83 heavy (non-hydrogen) atoms. The van der Waals surface area contributed by atoms with Gasteiger partial charge in [-0.2, -0.15) is 0 Å². The number of carbonyl (C=O) groups excluding carboxylic acids is 3. The summed E-state index contributed by atoms with van der Waals surface area (Å²) in [6.45, 7) is 6.24. The molecule has 0 saturated carbocycles. The van der Waals surface area contributed by atoms with Crippen molar-refractivity contribution in [3.05, 3.63) is 182 Å². The molecule has 1 atom stereocenters. The zero-order valence-electron chi connectivity index (χ0n) is 53.1. The molecule has 0 heterocycles. The Morgan fingerprint density at radius 1 is 0.241 bits per heavy atom. The van der Waals surface area contributed by atoms with Crippen LogP contribution in [-0.4, -0.2) is 37.2 Å². The summed E-state index contributed by atoms with van der Waals surface area (Å²) >= 11 is 0. The van der Waals surface area contributed by atoms with Crippen LogP contribution in [0.5, 0.6) is 0 Å². The second-order valence-corrected chi connectivity index (χ2v) is 21.2. The van der Waals surface area contributed by atoms with Crippen LogP contribution in [0.1, 0.15) is 265 Å². The van der Waals surface area contributed by atoms with Gasteiger partial charge in [0, 0.05) is 19.3 Å². The lowest BCUT2D eigenvalue weighted by molar-refractivity contribution is -0.167. The third-order valence-corrected chi connectivity index (χ3v) is 13.4. The zero-order valence-corrected chi connectivity index (χ0v) is 53.1. The fraction of sp³-hybridized carbons (Fsp3) is 0.571. The van der Waals surface area contributed by atoms with E-state index in [4.69, 9.17) is 14.2 Å². The minimum atomic E-state index is -0.817. The van der Waals surface area contributed by atoms with E-state index in [0.29, 0.717) is 25.7 Å². The average Bonchev–Trinajstić information content (AvgIpc) is 3.49. The number of hydrogen-bond acceptors (Lipinski definition) is 6. The van der Waals surface area contributed by atoms with Crippen molar-refractivity contribution < 1.29 is 28.6 Å². The van der Waals surface area contributed by atoms with Crippen molar-refractivity contribution in [1.82, 2.24) is 0 Å². The molecule has 0 radical (unpaired) electrons. The van der Waals surface area contributed by atoms with E-state index in [9.17, 15) is 14.4 Å². The molecule has 0 aromatic heterocycles. The second-order valence-electron chi connectivity index (χ2n) is 21.2. The largest absolute Gasteiger partial charge is 0.462 e. The van der Waals surface area contributed by atoms with Gasteiger partial charge in [0.1, 0.15) is 13.2 Å². The first-order valence-corrected chi connectivity index (χ1v) is 33.3. The van der Waals surface area contributed by atoms with E-state index in [0.717, 1.165) is 167 Å². The van der Waals surface area contributed by atoms with Crippen LogP contribution in [0.2, 0.25) is 0 Å². The Balaban J connectivity index is 4.46. The topological polar surface area (TPSA) is 78.9 Å². The highest BCUT2D eigenvalue weighted by Crippen LogP contribution is 2.14. The van der Waals surface area contributed by atoms with Gasteiger partial charge in [-0.15, -0.1) is 0 Å². The molecule has 6 heteroatoms. The van der Waals surface area contributed by atoms with E-state index in [2.05, 4.69) is 203 Å². The second kappa shape index (κ2) is 69.0. The number of carbonyl (C=O) groups is 3. The van der Waals surface area contributed by atoms with Gasteiger partial charge >= 0.3 is 17.9 Å². The summed E-state index contributed by atoms with van der Waals surface area (Å²) in [6, 6.07) is 0. The minimum absolute atomic E-state index is 0.109. The molecule has 1 unspecified atom stereocenters. The Kier molecular flexibility index (Phi) is 64.4. The average molecular weight is 1140 g/mol. The van der Waals surface area contributed by atoms with Crippen molar-refractivity contribution in [1.29, 1.82) is 0 Å². The van der Waals surface area contributed by atoms with E-state index < -0.39 is 6.10 Å². The standard InChI is InChI=1S/C77H120O6/c1-4-7-10-13-16-19-22-25-28-30-32-34-36-37-38-39-41-42-44-46-49-52-55-58-61-64-67-70-76(79)82-73-74(72-81-75(78)69-66-63-60-57-54-51-48-27-24-21-18-15-12-9-6-3)83-77(80)71-68-65-62-59-56-53-50-47-45-43-40-35-33-31-29-26-23-20-17-14-11-8-5-2/h7-12,16-21,25-29,32-35,37-38,41-43,45,48,54,57,74H,4-6,13-15,22-24,30-31,36,39-40,44,46-47,49-53,55-56,58-73H2,1-3H3/b10-7-,11-8-,12-9-,19-16-,20-17-,21-18-,28-25-,29-26-,34-32-,35-33-,38-37-,42-41-,45-43-,48-27-,57-54-. The van der Waals surface area contributed by atoms with Gasteiger partial charge in [-0.25, -0.2) is 0 Å². The summed E-state index contributed by atoms with van der Waals surface area (Å²) in [5.74, 6) is -0.975. The summed E-state index contributed by atoms with van der Waals surface area (Å²) in [5.41, 5.74) is 0. The van der Waals surface area contributed by atoms with E-state index in [1.165, 1.54) is 51.4 Å². The molecule has 0 aliphatic rings. The summed E-state index contributed by atoms with van der Waals surface area (Å²) in [7, 11) is 0. The Morgan fingerprint density at radius 3 is 0.699 bits per heavy atom. The van der Waals surface area contributed by atoms with Crippen LogP contribution >= 0.6 is 0 Å². The van der Waals surface area contributed by atoms with Gasteiger partial charge in [0.05, 0.1) is 0 Å². The van der Waals surface area contributed by atoms with Gasteiger partial charge in [0.25, 0.3) is 0 Å². The third kappa shape index (κ3) is 67.2. The SMILES string of the molecule is CC/C=C\C/C=C\C/C=C\C/C=C\C/C=C\C/C=C\CCCCCCCCCCC(=O)OCC(COC(=O)CCCC/C=C\C/C=C\C/C=C\C/C=C\CC)OC(=O)CCCCCCCCC/C=C\C/C=C\C/C=C\C/C=C\C/C=C\CC. The summed E-state index contributed by atoms with van der Waals surface area (Å²) < 4.78 is 16.9. The van der Waals surface area contributed by atoms with Gasteiger partial charge in [-0.1, -0.05) is 274 Å². The van der Waals surface area contributed by atoms with Gasteiger partial charge in [0.15, 0.2) is 6.10 Å². The van der Waals surface area contributed by atoms with E-state index in [1.807, 2.05) is 0 Å². The minimum Gasteiger partial charge on any atom is -0.462 e. The van der Waals surface area contributed by atoms with Crippen LogP contribution in [0, 0.1) is 0 Å².